The van der Waals surface area contributed by atoms with E-state index in [1.165, 1.54) is 0 Å². The van der Waals surface area contributed by atoms with E-state index in [0.717, 1.165) is 0 Å². The van der Waals surface area contributed by atoms with E-state index < -0.39 is 10.4 Å². The molecule has 0 aliphatic rings. The minimum absolute atomic E-state index is 1.60. The van der Waals surface area contributed by atoms with E-state index in [1.54, 1.807) is 23.0 Å². The quantitative estimate of drug-likeness (QED) is 0.571. The van der Waals surface area contributed by atoms with E-state index in [2.05, 4.69) is 4.98 Å². The van der Waals surface area contributed by atoms with Crippen molar-refractivity contribution in [1.82, 2.24) is 4.98 Å². The molecule has 0 saturated carbocycles. The third kappa shape index (κ3) is 15.6. The minimum atomic E-state index is -4.67. The largest absolute Gasteiger partial charge is 0.394 e. The van der Waals surface area contributed by atoms with E-state index >= 15 is 0 Å². The Kier molecular flexibility index (Phi) is 4.12. The Labute approximate surface area is 61.9 Å². The molecular weight excluding hydrogens is 178 g/mol. The topological polar surface area (TPSA) is 87.5 Å². The molecule has 1 rings (SSSR count). The zero-order chi connectivity index (χ0) is 8.04. The predicted octanol–water partition coefficient (Wildman–Crippen LogP) is 0.490. The van der Waals surface area contributed by atoms with Crippen LogP contribution in [0.25, 0.3) is 0 Å². The van der Waals surface area contributed by atoms with Crippen molar-refractivity contribution in [3.8, 4) is 0 Å². The molecule has 10 heavy (non-hydrogen) atoms. The molecule has 0 aromatic carbocycles. The Balaban J connectivity index is 0.000000162. The van der Waals surface area contributed by atoms with Crippen molar-refractivity contribution in [2.75, 3.05) is 0 Å². The summed E-state index contributed by atoms with van der Waals surface area (Å²) in [7, 11) is -4.67. The first-order chi connectivity index (χ1) is 4.50. The van der Waals surface area contributed by atoms with Crippen molar-refractivity contribution in [2.24, 2.45) is 0 Å². The van der Waals surface area contributed by atoms with Crippen molar-refractivity contribution in [2.45, 2.75) is 0 Å². The fourth-order valence-corrected chi connectivity index (χ4v) is 0.527. The van der Waals surface area contributed by atoms with E-state index in [-0.39, 0.29) is 0 Å². The Morgan fingerprint density at radius 2 is 1.90 bits per heavy atom. The fourth-order valence-electron chi connectivity index (χ4n) is 0.176. The second-order valence-electron chi connectivity index (χ2n) is 1.12. The summed E-state index contributed by atoms with van der Waals surface area (Å²) < 4.78 is 31.6. The number of rotatable bonds is 0. The Morgan fingerprint density at radius 1 is 1.40 bits per heavy atom. The zero-order valence-corrected chi connectivity index (χ0v) is 6.34. The van der Waals surface area contributed by atoms with Crippen LogP contribution in [0.15, 0.2) is 17.1 Å². The van der Waals surface area contributed by atoms with E-state index in [0.29, 0.717) is 0 Å². The molecule has 0 amide bonds. The summed E-state index contributed by atoms with van der Waals surface area (Å²) in [6.07, 6.45) is 1.77. The molecule has 0 unspecified atom stereocenters. The van der Waals surface area contributed by atoms with Gasteiger partial charge in [-0.3, -0.25) is 14.1 Å². The Bertz CT molecular complexity index is 214. The van der Waals surface area contributed by atoms with Gasteiger partial charge in [-0.25, -0.2) is 0 Å². The van der Waals surface area contributed by atoms with Gasteiger partial charge in [-0.05, 0) is 0 Å². The Morgan fingerprint density at radius 3 is 2.00 bits per heavy atom. The van der Waals surface area contributed by atoms with Crippen LogP contribution in [0, 0.1) is 0 Å². The Hall–Kier alpha value is -0.500. The zero-order valence-electron chi connectivity index (χ0n) is 4.71. The minimum Gasteiger partial charge on any atom is -0.264 e. The molecule has 5 nitrogen and oxygen atoms in total. The summed E-state index contributed by atoms with van der Waals surface area (Å²) in [6, 6.07) is 0. The van der Waals surface area contributed by atoms with Gasteiger partial charge in [0, 0.05) is 11.6 Å². The summed E-state index contributed by atoms with van der Waals surface area (Å²) >= 11 is 1.60. The molecule has 7 heteroatoms. The van der Waals surface area contributed by atoms with Gasteiger partial charge in [0.2, 0.25) is 0 Å². The summed E-state index contributed by atoms with van der Waals surface area (Å²) in [4.78, 5) is 3.74. The molecule has 0 fully saturated rings. The standard InChI is InChI=1S/C3H3NS.H2O4S/c1-2-5-3-4-1;1-5(2,3)4/h1-3H;(H2,1,2,3,4). The molecule has 0 spiro atoms. The molecule has 1 heterocycles. The molecule has 0 saturated heterocycles. The van der Waals surface area contributed by atoms with Gasteiger partial charge in [0.15, 0.2) is 0 Å². The van der Waals surface area contributed by atoms with Crippen LogP contribution in [-0.2, 0) is 10.4 Å². The number of nitrogens with zero attached hydrogens (tertiary/aromatic N) is 1. The molecular formula is C3H5NO4S2. The smallest absolute Gasteiger partial charge is 0.264 e. The lowest BCUT2D eigenvalue weighted by Gasteiger charge is -1.68. The van der Waals surface area contributed by atoms with Crippen LogP contribution in [0.1, 0.15) is 0 Å². The number of thiazole rings is 1. The molecule has 0 atom stereocenters. The van der Waals surface area contributed by atoms with Gasteiger partial charge in [-0.15, -0.1) is 11.3 Å². The van der Waals surface area contributed by atoms with Gasteiger partial charge in [0.25, 0.3) is 0 Å². The second-order valence-corrected chi connectivity index (χ2v) is 2.77. The SMILES string of the molecule is O=S(=O)(O)O.c1cscn1. The predicted molar refractivity (Wildman–Crippen MR) is 36.3 cm³/mol. The second kappa shape index (κ2) is 4.34. The first-order valence-corrected chi connectivity index (χ1v) is 4.36. The third-order valence-corrected chi connectivity index (χ3v) is 0.869. The third-order valence-electron chi connectivity index (χ3n) is 0.347. The fraction of sp³-hybridized carbons (Fsp3) is 0. The first kappa shape index (κ1) is 9.50. The number of hydrogen-bond donors (Lipinski definition) is 2. The summed E-state index contributed by atoms with van der Waals surface area (Å²) in [6.45, 7) is 0. The van der Waals surface area contributed by atoms with Crippen LogP contribution >= 0.6 is 11.3 Å². The monoisotopic (exact) mass is 183 g/mol. The lowest BCUT2D eigenvalue weighted by Crippen LogP contribution is -1.89. The van der Waals surface area contributed by atoms with Crippen molar-refractivity contribution < 1.29 is 17.5 Å². The summed E-state index contributed by atoms with van der Waals surface area (Å²) in [5.41, 5.74) is 1.79. The van der Waals surface area contributed by atoms with Crippen molar-refractivity contribution >= 4 is 21.7 Å². The van der Waals surface area contributed by atoms with Crippen LogP contribution < -0.4 is 0 Å². The molecule has 0 aliphatic carbocycles. The van der Waals surface area contributed by atoms with Crippen molar-refractivity contribution in [3.05, 3.63) is 17.1 Å². The van der Waals surface area contributed by atoms with Gasteiger partial charge in [-0.1, -0.05) is 0 Å². The van der Waals surface area contributed by atoms with Gasteiger partial charge >= 0.3 is 10.4 Å². The molecule has 1 aromatic rings. The maximum atomic E-state index is 8.74. The highest BCUT2D eigenvalue weighted by Gasteiger charge is 1.84. The highest BCUT2D eigenvalue weighted by molar-refractivity contribution is 7.79. The molecule has 0 radical (unpaired) electrons. The van der Waals surface area contributed by atoms with E-state index in [9.17, 15) is 0 Å². The van der Waals surface area contributed by atoms with Crippen LogP contribution in [-0.4, -0.2) is 22.5 Å². The number of aromatic nitrogens is 1. The van der Waals surface area contributed by atoms with E-state index in [1.807, 2.05) is 5.38 Å². The highest BCUT2D eigenvalue weighted by Crippen LogP contribution is 1.85. The van der Waals surface area contributed by atoms with Gasteiger partial charge in [0.1, 0.15) is 0 Å². The van der Waals surface area contributed by atoms with Crippen molar-refractivity contribution in [3.63, 3.8) is 0 Å². The van der Waals surface area contributed by atoms with Crippen LogP contribution in [0.3, 0.4) is 0 Å². The molecule has 58 valence electrons. The van der Waals surface area contributed by atoms with Gasteiger partial charge < -0.3 is 0 Å². The van der Waals surface area contributed by atoms with Gasteiger partial charge in [-0.2, -0.15) is 8.42 Å². The molecule has 1 aromatic heterocycles. The number of hydrogen-bond acceptors (Lipinski definition) is 4. The maximum absolute atomic E-state index is 8.74. The van der Waals surface area contributed by atoms with Crippen LogP contribution in [0.4, 0.5) is 0 Å². The molecule has 0 aliphatic heterocycles. The van der Waals surface area contributed by atoms with Gasteiger partial charge in [0.05, 0.1) is 5.51 Å². The van der Waals surface area contributed by atoms with Crippen LogP contribution in [0.2, 0.25) is 0 Å². The summed E-state index contributed by atoms with van der Waals surface area (Å²) in [5, 5.41) is 1.93. The van der Waals surface area contributed by atoms with E-state index in [4.69, 9.17) is 17.5 Å². The van der Waals surface area contributed by atoms with Crippen molar-refractivity contribution in [1.29, 1.82) is 0 Å². The lowest BCUT2D eigenvalue weighted by atomic mass is 11.0. The normalized spacial score (nSPS) is 9.80. The first-order valence-electron chi connectivity index (χ1n) is 2.02. The average Bonchev–Trinajstić information content (AvgIpc) is 2.07. The highest BCUT2D eigenvalue weighted by atomic mass is 32.3. The average molecular weight is 183 g/mol. The molecule has 2 N–H and O–H groups in total. The maximum Gasteiger partial charge on any atom is 0.394 e. The van der Waals surface area contributed by atoms with Crippen LogP contribution in [0.5, 0.6) is 0 Å². The lowest BCUT2D eigenvalue weighted by molar-refractivity contribution is 0.381. The molecule has 0 bridgehead atoms. The summed E-state index contributed by atoms with van der Waals surface area (Å²) in [5.74, 6) is 0.